The van der Waals surface area contributed by atoms with Gasteiger partial charge in [-0.2, -0.15) is 0 Å². The van der Waals surface area contributed by atoms with Gasteiger partial charge in [0.25, 0.3) is 6.43 Å². The predicted molar refractivity (Wildman–Crippen MR) is 96.0 cm³/mol. The van der Waals surface area contributed by atoms with E-state index >= 15 is 0 Å². The number of amides is 2. The van der Waals surface area contributed by atoms with Gasteiger partial charge in [-0.3, -0.25) is 9.59 Å². The Hall–Kier alpha value is -2.15. The van der Waals surface area contributed by atoms with Gasteiger partial charge in [-0.15, -0.1) is 0 Å². The molecule has 4 N–H and O–H groups in total. The Morgan fingerprint density at radius 3 is 2.46 bits per heavy atom. The van der Waals surface area contributed by atoms with E-state index in [-0.39, 0.29) is 30.4 Å². The molecule has 2 atom stereocenters. The van der Waals surface area contributed by atoms with E-state index < -0.39 is 24.2 Å². The molecule has 0 aliphatic heterocycles. The summed E-state index contributed by atoms with van der Waals surface area (Å²) in [6.07, 6.45) is 2.91. The molecule has 0 heterocycles. The van der Waals surface area contributed by atoms with Crippen molar-refractivity contribution in [2.24, 2.45) is 28.3 Å². The summed E-state index contributed by atoms with van der Waals surface area (Å²) < 4.78 is 26.1. The number of carbonyl (C=O) groups excluding carboxylic acids is 2. The lowest BCUT2D eigenvalue weighted by Crippen LogP contribution is -2.28. The zero-order chi connectivity index (χ0) is 19.1. The number of aliphatic imine (C=N–C) groups is 1. The van der Waals surface area contributed by atoms with Crippen molar-refractivity contribution in [1.29, 1.82) is 0 Å². The summed E-state index contributed by atoms with van der Waals surface area (Å²) in [6.45, 7) is -0.0198. The van der Waals surface area contributed by atoms with Crippen LogP contribution in [-0.4, -0.2) is 24.6 Å². The van der Waals surface area contributed by atoms with Crippen molar-refractivity contribution in [3.8, 4) is 0 Å². The Morgan fingerprint density at radius 2 is 1.88 bits per heavy atom. The Balaban J connectivity index is 2.23. The molecular weight excluding hydrogens is 340 g/mol. The largest absolute Gasteiger partial charge is 0.370 e. The summed E-state index contributed by atoms with van der Waals surface area (Å²) in [5.74, 6) is -1.82. The summed E-state index contributed by atoms with van der Waals surface area (Å²) in [5.41, 5.74) is 11.3. The van der Waals surface area contributed by atoms with Gasteiger partial charge in [-0.1, -0.05) is 31.0 Å². The van der Waals surface area contributed by atoms with Gasteiger partial charge in [0, 0.05) is 30.7 Å². The number of rotatable bonds is 8. The normalized spacial score (nSPS) is 17.7. The minimum Gasteiger partial charge on any atom is -0.370 e. The molecular formula is C19H25F2N3O2. The molecule has 1 aromatic rings. The van der Waals surface area contributed by atoms with E-state index in [9.17, 15) is 18.4 Å². The topological polar surface area (TPSA) is 98.5 Å². The van der Waals surface area contributed by atoms with Crippen LogP contribution in [0.4, 0.5) is 8.78 Å². The highest BCUT2D eigenvalue weighted by atomic mass is 19.3. The maximum absolute atomic E-state index is 13.0. The van der Waals surface area contributed by atoms with E-state index in [1.165, 1.54) is 18.3 Å². The first-order valence-corrected chi connectivity index (χ1v) is 8.86. The number of hydrogen-bond acceptors (Lipinski definition) is 3. The summed E-state index contributed by atoms with van der Waals surface area (Å²) in [5, 5.41) is 0. The van der Waals surface area contributed by atoms with Gasteiger partial charge in [0.2, 0.25) is 11.8 Å². The minimum absolute atomic E-state index is 0.0198. The molecule has 5 nitrogen and oxygen atoms in total. The van der Waals surface area contributed by atoms with Crippen LogP contribution < -0.4 is 11.5 Å². The maximum atomic E-state index is 13.0. The smallest absolute Gasteiger partial charge is 0.263 e. The SMILES string of the molecule is NC[C@@H](CC(N)=O)C(=O)N=CC(c1cccc(C(F)F)c1)C1CCCC1. The first-order valence-electron chi connectivity index (χ1n) is 8.86. The van der Waals surface area contributed by atoms with E-state index in [1.807, 2.05) is 0 Å². The molecule has 0 spiro atoms. The Bertz CT molecular complexity index is 658. The van der Waals surface area contributed by atoms with E-state index in [4.69, 9.17) is 11.5 Å². The first-order chi connectivity index (χ1) is 12.4. The zero-order valence-corrected chi connectivity index (χ0v) is 14.6. The molecule has 142 valence electrons. The molecule has 1 aliphatic rings. The lowest BCUT2D eigenvalue weighted by Gasteiger charge is -2.21. The molecule has 1 aromatic carbocycles. The molecule has 0 aromatic heterocycles. The fraction of sp³-hybridized carbons (Fsp3) is 0.526. The van der Waals surface area contributed by atoms with E-state index in [1.54, 1.807) is 12.1 Å². The van der Waals surface area contributed by atoms with Crippen molar-refractivity contribution in [3.63, 3.8) is 0 Å². The van der Waals surface area contributed by atoms with E-state index in [0.717, 1.165) is 31.2 Å². The molecule has 2 amide bonds. The predicted octanol–water partition coefficient (Wildman–Crippen LogP) is 2.95. The van der Waals surface area contributed by atoms with E-state index in [2.05, 4.69) is 4.99 Å². The van der Waals surface area contributed by atoms with Crippen LogP contribution in [0.3, 0.4) is 0 Å². The van der Waals surface area contributed by atoms with Crippen LogP contribution in [0, 0.1) is 11.8 Å². The van der Waals surface area contributed by atoms with Crippen molar-refractivity contribution in [3.05, 3.63) is 35.4 Å². The molecule has 26 heavy (non-hydrogen) atoms. The molecule has 0 radical (unpaired) electrons. The fourth-order valence-corrected chi connectivity index (χ4v) is 3.47. The lowest BCUT2D eigenvalue weighted by molar-refractivity contribution is -0.126. The van der Waals surface area contributed by atoms with Gasteiger partial charge in [0.1, 0.15) is 0 Å². The van der Waals surface area contributed by atoms with Crippen molar-refractivity contribution < 1.29 is 18.4 Å². The van der Waals surface area contributed by atoms with Gasteiger partial charge in [0.15, 0.2) is 0 Å². The molecule has 7 heteroatoms. The van der Waals surface area contributed by atoms with Gasteiger partial charge in [0.05, 0.1) is 5.92 Å². The van der Waals surface area contributed by atoms with Crippen LogP contribution in [0.15, 0.2) is 29.3 Å². The van der Waals surface area contributed by atoms with Crippen LogP contribution in [0.2, 0.25) is 0 Å². The van der Waals surface area contributed by atoms with Crippen molar-refractivity contribution in [2.75, 3.05) is 6.54 Å². The number of hydrogen-bond donors (Lipinski definition) is 2. The van der Waals surface area contributed by atoms with Crippen molar-refractivity contribution >= 4 is 18.0 Å². The third kappa shape index (κ3) is 5.42. The number of primary amides is 1. The van der Waals surface area contributed by atoms with Gasteiger partial charge < -0.3 is 11.5 Å². The summed E-state index contributed by atoms with van der Waals surface area (Å²) in [4.78, 5) is 27.3. The van der Waals surface area contributed by atoms with Crippen LogP contribution in [0.5, 0.6) is 0 Å². The van der Waals surface area contributed by atoms with Gasteiger partial charge in [-0.05, 0) is 30.4 Å². The second-order valence-corrected chi connectivity index (χ2v) is 6.76. The first kappa shape index (κ1) is 20.2. The molecule has 2 rings (SSSR count). The molecule has 0 bridgehead atoms. The third-order valence-electron chi connectivity index (χ3n) is 4.90. The number of nitrogens with two attached hydrogens (primary N) is 2. The standard InChI is InChI=1S/C19H25F2N3O2/c20-18(21)14-7-3-6-13(8-14)16(12-4-1-2-5-12)11-24-19(26)15(10-22)9-17(23)25/h3,6-8,11-12,15-16,18H,1-2,4-5,9-10,22H2,(H2,23,25)/t15-,16?/m1/s1. The highest BCUT2D eigenvalue weighted by Crippen LogP contribution is 2.37. The Labute approximate surface area is 151 Å². The quantitative estimate of drug-likeness (QED) is 0.693. The number of benzene rings is 1. The van der Waals surface area contributed by atoms with Crippen LogP contribution in [0.25, 0.3) is 0 Å². The zero-order valence-electron chi connectivity index (χ0n) is 14.6. The van der Waals surface area contributed by atoms with Crippen molar-refractivity contribution in [1.82, 2.24) is 0 Å². The average molecular weight is 365 g/mol. The molecule has 1 aliphatic carbocycles. The van der Waals surface area contributed by atoms with E-state index in [0.29, 0.717) is 0 Å². The van der Waals surface area contributed by atoms with Crippen molar-refractivity contribution in [2.45, 2.75) is 44.4 Å². The molecule has 1 saturated carbocycles. The van der Waals surface area contributed by atoms with Crippen LogP contribution in [0.1, 0.15) is 55.6 Å². The molecule has 0 saturated heterocycles. The average Bonchev–Trinajstić information content (AvgIpc) is 3.14. The number of carbonyl (C=O) groups is 2. The van der Waals surface area contributed by atoms with Gasteiger partial charge >= 0.3 is 0 Å². The third-order valence-corrected chi connectivity index (χ3v) is 4.90. The fourth-order valence-electron chi connectivity index (χ4n) is 3.47. The Kier molecular flexibility index (Phi) is 7.38. The summed E-state index contributed by atoms with van der Waals surface area (Å²) >= 11 is 0. The lowest BCUT2D eigenvalue weighted by atomic mass is 9.85. The second kappa shape index (κ2) is 9.52. The highest BCUT2D eigenvalue weighted by molar-refractivity contribution is 5.91. The summed E-state index contributed by atoms with van der Waals surface area (Å²) in [7, 11) is 0. The van der Waals surface area contributed by atoms with Crippen LogP contribution >= 0.6 is 0 Å². The highest BCUT2D eigenvalue weighted by Gasteiger charge is 2.27. The Morgan fingerprint density at radius 1 is 1.23 bits per heavy atom. The number of nitrogens with zero attached hydrogens (tertiary/aromatic N) is 1. The second-order valence-electron chi connectivity index (χ2n) is 6.76. The summed E-state index contributed by atoms with van der Waals surface area (Å²) in [6, 6.07) is 6.26. The monoisotopic (exact) mass is 365 g/mol. The molecule has 1 fully saturated rings. The maximum Gasteiger partial charge on any atom is 0.263 e. The minimum atomic E-state index is -2.55. The van der Waals surface area contributed by atoms with Crippen LogP contribution in [-0.2, 0) is 9.59 Å². The molecule has 1 unspecified atom stereocenters. The number of halogens is 2. The van der Waals surface area contributed by atoms with Gasteiger partial charge in [-0.25, -0.2) is 13.8 Å². The number of alkyl halides is 2.